The maximum Gasteiger partial charge on any atom is 0.310 e. The van der Waals surface area contributed by atoms with E-state index < -0.39 is 0 Å². The molecule has 0 unspecified atom stereocenters. The number of methoxy groups -OCH3 is 2. The molecule has 2 saturated heterocycles. The number of hydrogen-bond acceptors (Lipinski definition) is 4. The van der Waals surface area contributed by atoms with Gasteiger partial charge in [0.1, 0.15) is 5.75 Å². The molecule has 0 N–H and O–H groups in total. The molecule has 4 nitrogen and oxygen atoms in total. The molecule has 6 heteroatoms. The number of fused-ring (bicyclic) bond motifs is 2. The number of ether oxygens (including phenoxy) is 2. The van der Waals surface area contributed by atoms with Crippen LogP contribution in [0.5, 0.6) is 5.75 Å². The first-order chi connectivity index (χ1) is 11.0. The molecular formula is C17H21I2NO3. The molecule has 0 aromatic heterocycles. The van der Waals surface area contributed by atoms with Gasteiger partial charge in [0.15, 0.2) is 0 Å². The van der Waals surface area contributed by atoms with Gasteiger partial charge in [-0.15, -0.1) is 0 Å². The lowest BCUT2D eigenvalue weighted by molar-refractivity contribution is -0.150. The van der Waals surface area contributed by atoms with Crippen LogP contribution in [0.25, 0.3) is 0 Å². The fourth-order valence-electron chi connectivity index (χ4n) is 4.26. The van der Waals surface area contributed by atoms with Crippen molar-refractivity contribution in [2.75, 3.05) is 21.3 Å². The first-order valence-electron chi connectivity index (χ1n) is 7.80. The number of nitrogens with zero attached hydrogens (tertiary/aromatic N) is 1. The van der Waals surface area contributed by atoms with E-state index in [4.69, 9.17) is 9.47 Å². The summed E-state index contributed by atoms with van der Waals surface area (Å²) in [5.41, 5.74) is 1.24. The van der Waals surface area contributed by atoms with Crippen molar-refractivity contribution < 1.29 is 14.3 Å². The monoisotopic (exact) mass is 541 g/mol. The molecule has 3 rings (SSSR count). The minimum absolute atomic E-state index is 0.0759. The summed E-state index contributed by atoms with van der Waals surface area (Å²) in [6.07, 6.45) is 3.28. The molecule has 4 atom stereocenters. The van der Waals surface area contributed by atoms with Crippen LogP contribution >= 0.6 is 45.2 Å². The summed E-state index contributed by atoms with van der Waals surface area (Å²) in [5.74, 6) is 0.987. The molecule has 0 saturated carbocycles. The first-order valence-corrected chi connectivity index (χ1v) is 9.96. The average Bonchev–Trinajstić information content (AvgIpc) is 2.76. The Labute approximate surface area is 164 Å². The predicted octanol–water partition coefficient (Wildman–Crippen LogP) is 3.64. The standard InChI is InChI=1S/C17H21I2NO3/c1-20-10-4-5-14(20)15(17(21)23-3)11(8-10)9-6-12(18)16(22-2)13(19)7-9/h6-7,10-11,14-15H,4-5,8H2,1-3H3/t10-,11+,14+,15-/m0/s1. The van der Waals surface area contributed by atoms with Gasteiger partial charge in [0, 0.05) is 18.0 Å². The van der Waals surface area contributed by atoms with Crippen LogP contribution in [0.2, 0.25) is 0 Å². The van der Waals surface area contributed by atoms with Crippen molar-refractivity contribution in [2.24, 2.45) is 5.92 Å². The van der Waals surface area contributed by atoms with Gasteiger partial charge in [-0.1, -0.05) is 0 Å². The molecule has 2 aliphatic rings. The van der Waals surface area contributed by atoms with Crippen molar-refractivity contribution >= 4 is 51.2 Å². The van der Waals surface area contributed by atoms with Crippen LogP contribution < -0.4 is 4.74 Å². The van der Waals surface area contributed by atoms with Crippen molar-refractivity contribution in [3.05, 3.63) is 24.8 Å². The van der Waals surface area contributed by atoms with Gasteiger partial charge < -0.3 is 9.47 Å². The van der Waals surface area contributed by atoms with Crippen LogP contribution in [-0.4, -0.2) is 44.2 Å². The summed E-state index contributed by atoms with van der Waals surface area (Å²) in [7, 11) is 5.35. The SMILES string of the molecule is COC(=O)[C@H]1[C@@H](c2cc(I)c(OC)c(I)c2)C[C@@H]2CC[C@H]1N2C. The van der Waals surface area contributed by atoms with E-state index in [0.717, 1.165) is 25.7 Å². The van der Waals surface area contributed by atoms with E-state index in [0.29, 0.717) is 12.1 Å². The van der Waals surface area contributed by atoms with E-state index in [9.17, 15) is 4.79 Å². The average molecular weight is 541 g/mol. The Balaban J connectivity index is 2.01. The third-order valence-corrected chi connectivity index (χ3v) is 7.00. The zero-order valence-electron chi connectivity index (χ0n) is 13.5. The van der Waals surface area contributed by atoms with Crippen LogP contribution in [0, 0.1) is 13.1 Å². The van der Waals surface area contributed by atoms with Crippen LogP contribution in [0.4, 0.5) is 0 Å². The number of benzene rings is 1. The lowest BCUT2D eigenvalue weighted by atomic mass is 9.76. The Morgan fingerprint density at radius 3 is 2.43 bits per heavy atom. The number of carbonyl (C=O) groups is 1. The highest BCUT2D eigenvalue weighted by atomic mass is 127. The number of esters is 1. The van der Waals surface area contributed by atoms with Crippen LogP contribution in [0.3, 0.4) is 0 Å². The number of halogens is 2. The highest BCUT2D eigenvalue weighted by molar-refractivity contribution is 14.1. The number of hydrogen-bond donors (Lipinski definition) is 0. The molecule has 0 aliphatic carbocycles. The van der Waals surface area contributed by atoms with Gasteiger partial charge in [0.05, 0.1) is 27.3 Å². The second-order valence-electron chi connectivity index (χ2n) is 6.37. The van der Waals surface area contributed by atoms with Crippen molar-refractivity contribution in [3.63, 3.8) is 0 Å². The molecule has 0 spiro atoms. The van der Waals surface area contributed by atoms with E-state index in [1.165, 1.54) is 19.1 Å². The molecular weight excluding hydrogens is 520 g/mol. The van der Waals surface area contributed by atoms with Crippen LogP contribution in [0.15, 0.2) is 12.1 Å². The number of rotatable bonds is 3. The summed E-state index contributed by atoms with van der Waals surface area (Å²) in [4.78, 5) is 14.9. The summed E-state index contributed by atoms with van der Waals surface area (Å²) in [6, 6.07) is 5.21. The van der Waals surface area contributed by atoms with Gasteiger partial charge in [0.2, 0.25) is 0 Å². The Morgan fingerprint density at radius 2 is 1.87 bits per heavy atom. The fraction of sp³-hybridized carbons (Fsp3) is 0.588. The molecule has 0 amide bonds. The van der Waals surface area contributed by atoms with E-state index in [1.807, 2.05) is 0 Å². The molecule has 1 aromatic carbocycles. The molecule has 23 heavy (non-hydrogen) atoms. The predicted molar refractivity (Wildman–Crippen MR) is 106 cm³/mol. The Morgan fingerprint density at radius 1 is 1.22 bits per heavy atom. The topological polar surface area (TPSA) is 38.8 Å². The number of piperidine rings is 1. The molecule has 2 bridgehead atoms. The lowest BCUT2D eigenvalue weighted by Gasteiger charge is -2.41. The second kappa shape index (κ2) is 7.03. The molecule has 2 aliphatic heterocycles. The highest BCUT2D eigenvalue weighted by Gasteiger charge is 2.49. The second-order valence-corrected chi connectivity index (χ2v) is 8.70. The largest absolute Gasteiger partial charge is 0.495 e. The normalized spacial score (nSPS) is 30.3. The van der Waals surface area contributed by atoms with E-state index in [-0.39, 0.29) is 17.8 Å². The van der Waals surface area contributed by atoms with Crippen molar-refractivity contribution in [1.82, 2.24) is 4.90 Å². The summed E-state index contributed by atoms with van der Waals surface area (Å²) in [6.45, 7) is 0. The van der Waals surface area contributed by atoms with Gasteiger partial charge in [-0.25, -0.2) is 0 Å². The molecule has 2 heterocycles. The zero-order valence-corrected chi connectivity index (χ0v) is 17.8. The summed E-state index contributed by atoms with van der Waals surface area (Å²) >= 11 is 4.63. The Hall–Kier alpha value is -0.0900. The van der Waals surface area contributed by atoms with Crippen LogP contribution in [0.1, 0.15) is 30.7 Å². The fourth-order valence-corrected chi connectivity index (χ4v) is 6.51. The quantitative estimate of drug-likeness (QED) is 0.433. The highest BCUT2D eigenvalue weighted by Crippen LogP contribution is 2.47. The number of carbonyl (C=O) groups excluding carboxylic acids is 1. The third kappa shape index (κ3) is 3.10. The maximum absolute atomic E-state index is 12.5. The van der Waals surface area contributed by atoms with Crippen molar-refractivity contribution in [3.8, 4) is 5.75 Å². The van der Waals surface area contributed by atoms with Gasteiger partial charge in [-0.3, -0.25) is 9.69 Å². The van der Waals surface area contributed by atoms with Gasteiger partial charge in [-0.05, 0) is 89.2 Å². The smallest absolute Gasteiger partial charge is 0.310 e. The van der Waals surface area contributed by atoms with Gasteiger partial charge in [0.25, 0.3) is 0 Å². The third-order valence-electron chi connectivity index (χ3n) is 5.40. The van der Waals surface area contributed by atoms with Crippen LogP contribution in [-0.2, 0) is 9.53 Å². The van der Waals surface area contributed by atoms with Gasteiger partial charge >= 0.3 is 5.97 Å². The minimum Gasteiger partial charge on any atom is -0.495 e. The molecule has 0 radical (unpaired) electrons. The lowest BCUT2D eigenvalue weighted by Crippen LogP contribution is -2.49. The maximum atomic E-state index is 12.5. The molecule has 126 valence electrons. The summed E-state index contributed by atoms with van der Waals surface area (Å²) < 4.78 is 12.8. The minimum atomic E-state index is -0.0799. The Kier molecular flexibility index (Phi) is 5.42. The van der Waals surface area contributed by atoms with Crippen molar-refractivity contribution in [1.29, 1.82) is 0 Å². The Bertz CT molecular complexity index is 599. The molecule has 1 aromatic rings. The summed E-state index contributed by atoms with van der Waals surface area (Å²) in [5, 5.41) is 0. The van der Waals surface area contributed by atoms with E-state index in [2.05, 4.69) is 69.3 Å². The van der Waals surface area contributed by atoms with Gasteiger partial charge in [-0.2, -0.15) is 0 Å². The first kappa shape index (κ1) is 17.7. The van der Waals surface area contributed by atoms with Crippen molar-refractivity contribution in [2.45, 2.75) is 37.3 Å². The zero-order chi connectivity index (χ0) is 16.7. The molecule has 2 fully saturated rings. The van der Waals surface area contributed by atoms with E-state index in [1.54, 1.807) is 7.11 Å². The van der Waals surface area contributed by atoms with E-state index >= 15 is 0 Å².